The van der Waals surface area contributed by atoms with Gasteiger partial charge in [-0.3, -0.25) is 4.68 Å². The molecule has 0 aliphatic carbocycles. The van der Waals surface area contributed by atoms with Gasteiger partial charge < -0.3 is 8.94 Å². The van der Waals surface area contributed by atoms with Crippen LogP contribution in [0.25, 0.3) is 17.5 Å². The summed E-state index contributed by atoms with van der Waals surface area (Å²) in [5.74, 6) is 2.71. The van der Waals surface area contributed by atoms with E-state index in [0.717, 1.165) is 17.1 Å². The van der Waals surface area contributed by atoms with Gasteiger partial charge in [0.1, 0.15) is 5.76 Å². The highest BCUT2D eigenvalue weighted by Crippen LogP contribution is 2.17. The highest BCUT2D eigenvalue weighted by Gasteiger charge is 2.07. The van der Waals surface area contributed by atoms with E-state index < -0.39 is 0 Å². The topological polar surface area (TPSA) is 69.9 Å². The molecule has 0 amide bonds. The molecule has 0 saturated carbocycles. The van der Waals surface area contributed by atoms with Crippen LogP contribution in [0.1, 0.15) is 11.7 Å². The molecule has 0 fully saturated rings. The largest absolute Gasteiger partial charge is 0.468 e. The van der Waals surface area contributed by atoms with E-state index >= 15 is 0 Å². The van der Waals surface area contributed by atoms with E-state index in [-0.39, 0.29) is 0 Å². The first-order chi connectivity index (χ1) is 9.81. The monoisotopic (exact) mass is 288 g/mol. The smallest absolute Gasteiger partial charge is 0.251 e. The van der Waals surface area contributed by atoms with Gasteiger partial charge in [0.05, 0.1) is 23.8 Å². The highest BCUT2D eigenvalue weighted by atomic mass is 32.2. The molecule has 0 unspecified atom stereocenters. The van der Waals surface area contributed by atoms with Crippen LogP contribution in [0.15, 0.2) is 45.1 Å². The summed E-state index contributed by atoms with van der Waals surface area (Å²) in [6.45, 7) is 0. The van der Waals surface area contributed by atoms with Gasteiger partial charge in [-0.05, 0) is 17.5 Å². The zero-order chi connectivity index (χ0) is 13.8. The van der Waals surface area contributed by atoms with Crippen molar-refractivity contribution >= 4 is 17.8 Å². The van der Waals surface area contributed by atoms with Crippen LogP contribution < -0.4 is 0 Å². The normalized spacial score (nSPS) is 11.4. The van der Waals surface area contributed by atoms with Crippen molar-refractivity contribution in [2.75, 3.05) is 0 Å². The molecule has 0 saturated heterocycles. The lowest BCUT2D eigenvalue weighted by atomic mass is 10.3. The Morgan fingerprint density at radius 2 is 2.40 bits per heavy atom. The first-order valence-electron chi connectivity index (χ1n) is 5.94. The Hall–Kier alpha value is -2.28. The van der Waals surface area contributed by atoms with Gasteiger partial charge in [-0.15, -0.1) is 11.8 Å². The molecule has 3 aromatic rings. The molecular formula is C13H12N4O2S. The second-order valence-electron chi connectivity index (χ2n) is 4.05. The number of nitrogens with zero attached hydrogens (tertiary/aromatic N) is 4. The Labute approximate surface area is 119 Å². The lowest BCUT2D eigenvalue weighted by Gasteiger charge is -1.89. The molecule has 0 radical (unpaired) electrons. The maximum absolute atomic E-state index is 5.23. The van der Waals surface area contributed by atoms with E-state index in [1.165, 1.54) is 0 Å². The number of hydrogen-bond acceptors (Lipinski definition) is 6. The Morgan fingerprint density at radius 3 is 3.15 bits per heavy atom. The highest BCUT2D eigenvalue weighted by molar-refractivity contribution is 8.01. The average Bonchev–Trinajstić information content (AvgIpc) is 3.16. The standard InChI is InChI=1S/C13H12N4O2S/c1-17-8-10(7-14-17)13-15-12(19-16-13)4-6-20-9-11-3-2-5-18-11/h2-8H,9H2,1H3/b6-4+. The maximum atomic E-state index is 5.23. The Balaban J connectivity index is 1.59. The van der Waals surface area contributed by atoms with E-state index in [1.54, 1.807) is 35.0 Å². The van der Waals surface area contributed by atoms with Gasteiger partial charge >= 0.3 is 0 Å². The Kier molecular flexibility index (Phi) is 3.69. The predicted octanol–water partition coefficient (Wildman–Crippen LogP) is 2.97. The van der Waals surface area contributed by atoms with Gasteiger partial charge in [-0.25, -0.2) is 0 Å². The molecule has 0 atom stereocenters. The van der Waals surface area contributed by atoms with Crippen molar-refractivity contribution in [2.24, 2.45) is 7.05 Å². The number of furan rings is 1. The third-order valence-corrected chi connectivity index (χ3v) is 3.30. The second-order valence-corrected chi connectivity index (χ2v) is 4.95. The minimum absolute atomic E-state index is 0.468. The molecule has 3 aromatic heterocycles. The molecule has 102 valence electrons. The molecular weight excluding hydrogens is 276 g/mol. The van der Waals surface area contributed by atoms with E-state index in [9.17, 15) is 0 Å². The number of hydrogen-bond donors (Lipinski definition) is 0. The molecule has 20 heavy (non-hydrogen) atoms. The fraction of sp³-hybridized carbons (Fsp3) is 0.154. The van der Waals surface area contributed by atoms with Gasteiger partial charge in [0.15, 0.2) is 0 Å². The maximum Gasteiger partial charge on any atom is 0.251 e. The zero-order valence-corrected chi connectivity index (χ0v) is 11.6. The molecule has 0 spiro atoms. The van der Waals surface area contributed by atoms with E-state index in [1.807, 2.05) is 30.8 Å². The van der Waals surface area contributed by atoms with Crippen molar-refractivity contribution in [2.45, 2.75) is 5.75 Å². The number of rotatable bonds is 5. The fourth-order valence-electron chi connectivity index (χ4n) is 1.59. The van der Waals surface area contributed by atoms with Crippen molar-refractivity contribution in [1.29, 1.82) is 0 Å². The number of thioether (sulfide) groups is 1. The summed E-state index contributed by atoms with van der Waals surface area (Å²) in [5, 5.41) is 9.88. The average molecular weight is 288 g/mol. The van der Waals surface area contributed by atoms with Gasteiger partial charge in [-0.1, -0.05) is 5.16 Å². The van der Waals surface area contributed by atoms with Crippen LogP contribution in [0.2, 0.25) is 0 Å². The predicted molar refractivity (Wildman–Crippen MR) is 75.5 cm³/mol. The zero-order valence-electron chi connectivity index (χ0n) is 10.8. The van der Waals surface area contributed by atoms with Crippen LogP contribution in [0.5, 0.6) is 0 Å². The van der Waals surface area contributed by atoms with Crippen molar-refractivity contribution in [1.82, 2.24) is 19.9 Å². The van der Waals surface area contributed by atoms with E-state index in [2.05, 4.69) is 15.2 Å². The molecule has 0 bridgehead atoms. The van der Waals surface area contributed by atoms with E-state index in [4.69, 9.17) is 8.94 Å². The number of aryl methyl sites for hydroxylation is 1. The lowest BCUT2D eigenvalue weighted by Crippen LogP contribution is -1.84. The van der Waals surface area contributed by atoms with Crippen LogP contribution in [0.4, 0.5) is 0 Å². The molecule has 0 aliphatic heterocycles. The minimum atomic E-state index is 0.468. The van der Waals surface area contributed by atoms with Crippen molar-refractivity contribution < 1.29 is 8.94 Å². The van der Waals surface area contributed by atoms with Crippen LogP contribution in [0, 0.1) is 0 Å². The molecule has 0 aromatic carbocycles. The Morgan fingerprint density at radius 1 is 1.45 bits per heavy atom. The summed E-state index contributed by atoms with van der Waals surface area (Å²) in [5.41, 5.74) is 0.833. The number of aromatic nitrogens is 4. The summed E-state index contributed by atoms with van der Waals surface area (Å²) >= 11 is 1.60. The van der Waals surface area contributed by atoms with Gasteiger partial charge in [0, 0.05) is 19.3 Å². The second kappa shape index (κ2) is 5.79. The lowest BCUT2D eigenvalue weighted by molar-refractivity contribution is 0.411. The molecule has 3 rings (SSSR count). The quantitative estimate of drug-likeness (QED) is 0.719. The molecule has 3 heterocycles. The summed E-state index contributed by atoms with van der Waals surface area (Å²) in [4.78, 5) is 4.27. The minimum Gasteiger partial charge on any atom is -0.468 e. The third kappa shape index (κ3) is 3.00. The van der Waals surface area contributed by atoms with Gasteiger partial charge in [-0.2, -0.15) is 10.1 Å². The SMILES string of the molecule is Cn1cc(-c2noc(/C=C/SCc3ccco3)n2)cn1. The summed E-state index contributed by atoms with van der Waals surface area (Å²) in [6, 6.07) is 3.81. The third-order valence-electron chi connectivity index (χ3n) is 2.52. The molecule has 0 N–H and O–H groups in total. The summed E-state index contributed by atoms with van der Waals surface area (Å²) < 4.78 is 12.1. The summed E-state index contributed by atoms with van der Waals surface area (Å²) in [6.07, 6.45) is 6.98. The van der Waals surface area contributed by atoms with Crippen LogP contribution in [0.3, 0.4) is 0 Å². The first kappa shape index (κ1) is 12.7. The van der Waals surface area contributed by atoms with Crippen molar-refractivity contribution in [3.05, 3.63) is 47.8 Å². The van der Waals surface area contributed by atoms with Gasteiger partial charge in [0.2, 0.25) is 5.82 Å². The Bertz CT molecular complexity index is 700. The van der Waals surface area contributed by atoms with Crippen LogP contribution in [-0.4, -0.2) is 19.9 Å². The molecule has 6 nitrogen and oxygen atoms in total. The van der Waals surface area contributed by atoms with Crippen molar-refractivity contribution in [3.63, 3.8) is 0 Å². The van der Waals surface area contributed by atoms with Crippen LogP contribution in [-0.2, 0) is 12.8 Å². The summed E-state index contributed by atoms with van der Waals surface area (Å²) in [7, 11) is 1.84. The van der Waals surface area contributed by atoms with E-state index in [0.29, 0.717) is 11.7 Å². The van der Waals surface area contributed by atoms with Crippen LogP contribution >= 0.6 is 11.8 Å². The molecule has 0 aliphatic rings. The fourth-order valence-corrected chi connectivity index (χ4v) is 2.23. The first-order valence-corrected chi connectivity index (χ1v) is 6.99. The molecule has 7 heteroatoms. The van der Waals surface area contributed by atoms with Gasteiger partial charge in [0.25, 0.3) is 5.89 Å². The van der Waals surface area contributed by atoms with Crippen molar-refractivity contribution in [3.8, 4) is 11.4 Å².